The molecule has 5 unspecified atom stereocenters. The van der Waals surface area contributed by atoms with Crippen LogP contribution in [-0.2, 0) is 9.47 Å². The Morgan fingerprint density at radius 1 is 1.06 bits per heavy atom. The van der Waals surface area contributed by atoms with E-state index < -0.39 is 0 Å². The van der Waals surface area contributed by atoms with E-state index >= 15 is 0 Å². The molecule has 1 aliphatic heterocycles. The summed E-state index contributed by atoms with van der Waals surface area (Å²) in [7, 11) is 0. The molecular formula is C14H27NO2. The van der Waals surface area contributed by atoms with E-state index in [1.165, 1.54) is 19.3 Å². The Morgan fingerprint density at radius 3 is 2.47 bits per heavy atom. The molecule has 17 heavy (non-hydrogen) atoms. The van der Waals surface area contributed by atoms with Crippen LogP contribution in [0.1, 0.15) is 46.0 Å². The Labute approximate surface area is 105 Å². The van der Waals surface area contributed by atoms with E-state index in [0.29, 0.717) is 18.8 Å². The zero-order valence-corrected chi connectivity index (χ0v) is 11.2. The van der Waals surface area contributed by atoms with Crippen LogP contribution in [0.3, 0.4) is 0 Å². The molecular weight excluding hydrogens is 214 g/mol. The quantitative estimate of drug-likeness (QED) is 0.821. The van der Waals surface area contributed by atoms with E-state index in [4.69, 9.17) is 15.2 Å². The third-order valence-electron chi connectivity index (χ3n) is 4.53. The van der Waals surface area contributed by atoms with Crippen molar-refractivity contribution in [2.45, 2.75) is 64.3 Å². The molecule has 100 valence electrons. The minimum absolute atomic E-state index is 0.272. The largest absolute Gasteiger partial charge is 0.376 e. The van der Waals surface area contributed by atoms with Crippen LogP contribution in [0.15, 0.2) is 0 Å². The van der Waals surface area contributed by atoms with Gasteiger partial charge in [0.2, 0.25) is 0 Å². The lowest BCUT2D eigenvalue weighted by atomic mass is 9.80. The monoisotopic (exact) mass is 241 g/mol. The van der Waals surface area contributed by atoms with Crippen LogP contribution in [0.25, 0.3) is 0 Å². The number of rotatable bonds is 4. The number of hydrogen-bond acceptors (Lipinski definition) is 3. The van der Waals surface area contributed by atoms with Crippen molar-refractivity contribution in [2.24, 2.45) is 17.6 Å². The standard InChI is InChI=1S/C14H27NO2/c1-10-3-4-12(7-11(10)2)16-9-14-6-5-13(8-15)17-14/h10-14H,3-9,15H2,1-2H3. The molecule has 0 spiro atoms. The van der Waals surface area contributed by atoms with E-state index in [2.05, 4.69) is 13.8 Å². The Hall–Kier alpha value is -0.120. The molecule has 0 bridgehead atoms. The molecule has 0 aromatic carbocycles. The fraction of sp³-hybridized carbons (Fsp3) is 1.00. The minimum Gasteiger partial charge on any atom is -0.376 e. The molecule has 1 saturated heterocycles. The van der Waals surface area contributed by atoms with Crippen LogP contribution >= 0.6 is 0 Å². The highest BCUT2D eigenvalue weighted by Gasteiger charge is 2.28. The molecule has 0 aromatic rings. The Kier molecular flexibility index (Phi) is 4.83. The number of ether oxygens (including phenoxy) is 2. The van der Waals surface area contributed by atoms with Gasteiger partial charge in [-0.05, 0) is 43.9 Å². The second-order valence-electron chi connectivity index (χ2n) is 5.92. The van der Waals surface area contributed by atoms with Crippen molar-refractivity contribution in [3.05, 3.63) is 0 Å². The van der Waals surface area contributed by atoms with E-state index in [9.17, 15) is 0 Å². The van der Waals surface area contributed by atoms with Gasteiger partial charge in [-0.1, -0.05) is 13.8 Å². The molecule has 3 heteroatoms. The first kappa shape index (κ1) is 13.3. The highest BCUT2D eigenvalue weighted by molar-refractivity contribution is 4.78. The van der Waals surface area contributed by atoms with Gasteiger partial charge in [0.15, 0.2) is 0 Å². The normalized spacial score (nSPS) is 42.9. The highest BCUT2D eigenvalue weighted by Crippen LogP contribution is 2.31. The minimum atomic E-state index is 0.272. The molecule has 0 aromatic heterocycles. The summed E-state index contributed by atoms with van der Waals surface area (Å²) in [5, 5.41) is 0. The smallest absolute Gasteiger partial charge is 0.0814 e. The van der Waals surface area contributed by atoms with E-state index in [0.717, 1.165) is 31.3 Å². The zero-order chi connectivity index (χ0) is 12.3. The van der Waals surface area contributed by atoms with Crippen LogP contribution in [0.5, 0.6) is 0 Å². The van der Waals surface area contributed by atoms with Crippen LogP contribution in [0.4, 0.5) is 0 Å². The molecule has 3 nitrogen and oxygen atoms in total. The van der Waals surface area contributed by atoms with Gasteiger partial charge in [-0.3, -0.25) is 0 Å². The van der Waals surface area contributed by atoms with Crippen LogP contribution in [0, 0.1) is 11.8 Å². The average molecular weight is 241 g/mol. The fourth-order valence-electron chi connectivity index (χ4n) is 2.97. The van der Waals surface area contributed by atoms with Gasteiger partial charge < -0.3 is 15.2 Å². The first-order valence-corrected chi connectivity index (χ1v) is 7.16. The zero-order valence-electron chi connectivity index (χ0n) is 11.2. The second kappa shape index (κ2) is 6.17. The molecule has 2 rings (SSSR count). The molecule has 1 heterocycles. The first-order valence-electron chi connectivity index (χ1n) is 7.16. The van der Waals surface area contributed by atoms with Gasteiger partial charge in [0.05, 0.1) is 24.9 Å². The molecule has 0 amide bonds. The number of hydrogen-bond donors (Lipinski definition) is 1. The fourth-order valence-corrected chi connectivity index (χ4v) is 2.97. The molecule has 1 saturated carbocycles. The Bertz CT molecular complexity index is 234. The van der Waals surface area contributed by atoms with Crippen LogP contribution in [-0.4, -0.2) is 31.5 Å². The summed E-state index contributed by atoms with van der Waals surface area (Å²) < 4.78 is 11.8. The molecule has 2 fully saturated rings. The Balaban J connectivity index is 1.65. The summed E-state index contributed by atoms with van der Waals surface area (Å²) in [4.78, 5) is 0. The lowest BCUT2D eigenvalue weighted by Gasteiger charge is -2.32. The lowest BCUT2D eigenvalue weighted by molar-refractivity contribution is -0.0586. The average Bonchev–Trinajstić information content (AvgIpc) is 2.79. The molecule has 2 N–H and O–H groups in total. The van der Waals surface area contributed by atoms with Crippen molar-refractivity contribution in [3.63, 3.8) is 0 Å². The summed E-state index contributed by atoms with van der Waals surface area (Å²) in [5.41, 5.74) is 5.60. The van der Waals surface area contributed by atoms with Gasteiger partial charge in [-0.15, -0.1) is 0 Å². The second-order valence-corrected chi connectivity index (χ2v) is 5.92. The summed E-state index contributed by atoms with van der Waals surface area (Å²) in [6.07, 6.45) is 6.98. The topological polar surface area (TPSA) is 44.5 Å². The van der Waals surface area contributed by atoms with E-state index in [1.54, 1.807) is 0 Å². The van der Waals surface area contributed by atoms with Crippen molar-refractivity contribution < 1.29 is 9.47 Å². The van der Waals surface area contributed by atoms with Crippen molar-refractivity contribution in [3.8, 4) is 0 Å². The first-order chi connectivity index (χ1) is 8.19. The SMILES string of the molecule is CC1CCC(OCC2CCC(CN)O2)CC1C. The highest BCUT2D eigenvalue weighted by atomic mass is 16.5. The maximum Gasteiger partial charge on any atom is 0.0814 e. The molecule has 0 radical (unpaired) electrons. The van der Waals surface area contributed by atoms with E-state index in [1.807, 2.05) is 0 Å². The van der Waals surface area contributed by atoms with Crippen molar-refractivity contribution in [2.75, 3.05) is 13.2 Å². The van der Waals surface area contributed by atoms with E-state index in [-0.39, 0.29) is 6.10 Å². The molecule has 1 aliphatic carbocycles. The van der Waals surface area contributed by atoms with Crippen molar-refractivity contribution in [1.82, 2.24) is 0 Å². The predicted octanol–water partition coefficient (Wildman–Crippen LogP) is 2.33. The predicted molar refractivity (Wildman–Crippen MR) is 68.9 cm³/mol. The molecule has 2 aliphatic rings. The summed E-state index contributed by atoms with van der Waals surface area (Å²) in [5.74, 6) is 1.66. The van der Waals surface area contributed by atoms with Crippen molar-refractivity contribution in [1.29, 1.82) is 0 Å². The summed E-state index contributed by atoms with van der Waals surface area (Å²) in [6.45, 7) is 6.11. The number of nitrogens with two attached hydrogens (primary N) is 1. The lowest BCUT2D eigenvalue weighted by Crippen LogP contribution is -2.30. The van der Waals surface area contributed by atoms with Gasteiger partial charge in [0.25, 0.3) is 0 Å². The van der Waals surface area contributed by atoms with Gasteiger partial charge in [-0.25, -0.2) is 0 Å². The third kappa shape index (κ3) is 3.67. The summed E-state index contributed by atoms with van der Waals surface area (Å²) >= 11 is 0. The summed E-state index contributed by atoms with van der Waals surface area (Å²) in [6, 6.07) is 0. The van der Waals surface area contributed by atoms with Gasteiger partial charge in [-0.2, -0.15) is 0 Å². The van der Waals surface area contributed by atoms with Gasteiger partial charge >= 0.3 is 0 Å². The van der Waals surface area contributed by atoms with Crippen LogP contribution in [0.2, 0.25) is 0 Å². The molecule has 5 atom stereocenters. The Morgan fingerprint density at radius 2 is 1.82 bits per heavy atom. The van der Waals surface area contributed by atoms with Gasteiger partial charge in [0, 0.05) is 6.54 Å². The van der Waals surface area contributed by atoms with Crippen molar-refractivity contribution >= 4 is 0 Å². The van der Waals surface area contributed by atoms with Gasteiger partial charge in [0.1, 0.15) is 0 Å². The third-order valence-corrected chi connectivity index (χ3v) is 4.53. The van der Waals surface area contributed by atoms with Crippen LogP contribution < -0.4 is 5.73 Å². The maximum absolute atomic E-state index is 6.01. The maximum atomic E-state index is 6.01.